The quantitative estimate of drug-likeness (QED) is 0.633. The van der Waals surface area contributed by atoms with Gasteiger partial charge in [0, 0.05) is 5.56 Å². The molecule has 0 aliphatic heterocycles. The molecule has 3 amide bonds. The number of carbonyl (C=O) groups is 2. The van der Waals surface area contributed by atoms with Gasteiger partial charge in [-0.3, -0.25) is 15.5 Å². The van der Waals surface area contributed by atoms with Crippen molar-refractivity contribution in [1.82, 2.24) is 15.8 Å². The molecule has 3 N–H and O–H groups in total. The van der Waals surface area contributed by atoms with Crippen molar-refractivity contribution in [3.8, 4) is 0 Å². The highest BCUT2D eigenvalue weighted by Crippen LogP contribution is 2.25. The average Bonchev–Trinajstić information content (AvgIpc) is 2.95. The Bertz CT molecular complexity index is 825. The number of benzene rings is 2. The number of thiazole rings is 1. The molecule has 0 atom stereocenters. The van der Waals surface area contributed by atoms with Crippen molar-refractivity contribution < 1.29 is 9.59 Å². The fraction of sp³-hybridized carbons (Fsp3) is 0.0625. The molecule has 0 radical (unpaired) electrons. The zero-order valence-corrected chi connectivity index (χ0v) is 13.1. The normalized spacial score (nSPS) is 10.3. The maximum atomic E-state index is 11.9. The van der Waals surface area contributed by atoms with Crippen LogP contribution in [0.1, 0.15) is 15.9 Å². The Kier molecular flexibility index (Phi) is 4.20. The third-order valence-corrected chi connectivity index (χ3v) is 4.07. The Balaban J connectivity index is 1.56. The summed E-state index contributed by atoms with van der Waals surface area (Å²) in [6, 6.07) is 14.1. The van der Waals surface area contributed by atoms with Gasteiger partial charge in [-0.15, -0.1) is 0 Å². The third kappa shape index (κ3) is 3.64. The summed E-state index contributed by atoms with van der Waals surface area (Å²) < 4.78 is 0.978. The summed E-state index contributed by atoms with van der Waals surface area (Å²) in [6.07, 6.45) is 0. The Morgan fingerprint density at radius 2 is 1.74 bits per heavy atom. The molecule has 0 spiro atoms. The highest BCUT2D eigenvalue weighted by Gasteiger charge is 2.09. The van der Waals surface area contributed by atoms with Gasteiger partial charge in [0.25, 0.3) is 5.91 Å². The topological polar surface area (TPSA) is 83.1 Å². The van der Waals surface area contributed by atoms with Gasteiger partial charge in [-0.1, -0.05) is 41.2 Å². The van der Waals surface area contributed by atoms with Gasteiger partial charge in [-0.25, -0.2) is 15.2 Å². The van der Waals surface area contributed by atoms with Crippen LogP contribution in [-0.4, -0.2) is 16.9 Å². The second-order valence-electron chi connectivity index (χ2n) is 4.89. The van der Waals surface area contributed by atoms with Crippen molar-refractivity contribution in [2.24, 2.45) is 0 Å². The number of para-hydroxylation sites is 1. The summed E-state index contributed by atoms with van der Waals surface area (Å²) in [5.41, 5.74) is 7.00. The van der Waals surface area contributed by atoms with Gasteiger partial charge >= 0.3 is 6.03 Å². The van der Waals surface area contributed by atoms with Gasteiger partial charge in [-0.2, -0.15) is 0 Å². The number of nitrogens with one attached hydrogen (secondary N) is 3. The number of hydrogen-bond acceptors (Lipinski definition) is 4. The van der Waals surface area contributed by atoms with E-state index in [1.807, 2.05) is 43.3 Å². The summed E-state index contributed by atoms with van der Waals surface area (Å²) in [5, 5.41) is 3.06. The first-order chi connectivity index (χ1) is 11.1. The summed E-state index contributed by atoms with van der Waals surface area (Å²) in [4.78, 5) is 28.0. The predicted octanol–water partition coefficient (Wildman–Crippen LogP) is 3.07. The van der Waals surface area contributed by atoms with Crippen molar-refractivity contribution in [2.75, 3.05) is 5.32 Å². The highest BCUT2D eigenvalue weighted by atomic mass is 32.1. The predicted molar refractivity (Wildman–Crippen MR) is 90.4 cm³/mol. The number of anilines is 1. The number of aromatic nitrogens is 1. The SMILES string of the molecule is Cc1ccc(C(=O)NNC(=O)Nc2nc3ccccc3s2)cc1. The number of nitrogens with zero attached hydrogens (tertiary/aromatic N) is 1. The first kappa shape index (κ1) is 15.0. The number of aryl methyl sites for hydroxylation is 1. The van der Waals surface area contributed by atoms with Gasteiger partial charge in [0.15, 0.2) is 5.13 Å². The first-order valence-electron chi connectivity index (χ1n) is 6.91. The zero-order chi connectivity index (χ0) is 16.2. The monoisotopic (exact) mass is 326 g/mol. The van der Waals surface area contributed by atoms with Crippen LogP contribution in [-0.2, 0) is 0 Å². The molecule has 0 unspecified atom stereocenters. The fourth-order valence-corrected chi connectivity index (χ4v) is 2.81. The van der Waals surface area contributed by atoms with Crippen LogP contribution in [0.25, 0.3) is 10.2 Å². The molecule has 0 bridgehead atoms. The number of hydrazine groups is 1. The van der Waals surface area contributed by atoms with Gasteiger partial charge < -0.3 is 0 Å². The molecular weight excluding hydrogens is 312 g/mol. The zero-order valence-electron chi connectivity index (χ0n) is 12.3. The summed E-state index contributed by atoms with van der Waals surface area (Å²) >= 11 is 1.36. The van der Waals surface area contributed by atoms with Crippen molar-refractivity contribution >= 4 is 38.6 Å². The van der Waals surface area contributed by atoms with Crippen LogP contribution >= 0.6 is 11.3 Å². The third-order valence-electron chi connectivity index (χ3n) is 3.12. The van der Waals surface area contributed by atoms with Crippen LogP contribution in [0.4, 0.5) is 9.93 Å². The lowest BCUT2D eigenvalue weighted by Gasteiger charge is -2.07. The van der Waals surface area contributed by atoms with E-state index in [0.717, 1.165) is 15.8 Å². The minimum Gasteiger partial charge on any atom is -0.282 e. The van der Waals surface area contributed by atoms with E-state index in [1.54, 1.807) is 12.1 Å². The molecule has 0 aliphatic carbocycles. The molecule has 0 fully saturated rings. The van der Waals surface area contributed by atoms with Crippen molar-refractivity contribution in [3.05, 3.63) is 59.7 Å². The van der Waals surface area contributed by atoms with Crippen LogP contribution < -0.4 is 16.2 Å². The molecule has 3 rings (SSSR count). The Labute approximate surface area is 136 Å². The Morgan fingerprint density at radius 1 is 1.00 bits per heavy atom. The van der Waals surface area contributed by atoms with Crippen LogP contribution in [0.5, 0.6) is 0 Å². The van der Waals surface area contributed by atoms with E-state index in [2.05, 4.69) is 21.2 Å². The highest BCUT2D eigenvalue weighted by molar-refractivity contribution is 7.22. The number of urea groups is 1. The van der Waals surface area contributed by atoms with Crippen molar-refractivity contribution in [3.63, 3.8) is 0 Å². The maximum absolute atomic E-state index is 11.9. The molecule has 1 heterocycles. The van der Waals surface area contributed by atoms with Gasteiger partial charge in [-0.05, 0) is 31.2 Å². The minimum atomic E-state index is -0.551. The van der Waals surface area contributed by atoms with E-state index in [9.17, 15) is 9.59 Å². The molecule has 1 aromatic heterocycles. The average molecular weight is 326 g/mol. The number of amides is 3. The van der Waals surface area contributed by atoms with Crippen LogP contribution in [0.3, 0.4) is 0 Å². The van der Waals surface area contributed by atoms with E-state index in [-0.39, 0.29) is 5.91 Å². The lowest BCUT2D eigenvalue weighted by atomic mass is 10.1. The number of hydrogen-bond donors (Lipinski definition) is 3. The van der Waals surface area contributed by atoms with E-state index in [1.165, 1.54) is 11.3 Å². The second kappa shape index (κ2) is 6.45. The second-order valence-corrected chi connectivity index (χ2v) is 5.92. The van der Waals surface area contributed by atoms with Crippen molar-refractivity contribution in [1.29, 1.82) is 0 Å². The molecule has 0 saturated heterocycles. The van der Waals surface area contributed by atoms with Gasteiger partial charge in [0.1, 0.15) is 0 Å². The lowest BCUT2D eigenvalue weighted by molar-refractivity contribution is 0.0938. The van der Waals surface area contributed by atoms with Gasteiger partial charge in [0.2, 0.25) is 0 Å². The maximum Gasteiger partial charge on any atom is 0.339 e. The number of fused-ring (bicyclic) bond motifs is 1. The number of rotatable bonds is 2. The van der Waals surface area contributed by atoms with Crippen molar-refractivity contribution in [2.45, 2.75) is 6.92 Å². The molecule has 23 heavy (non-hydrogen) atoms. The first-order valence-corrected chi connectivity index (χ1v) is 7.73. The van der Waals surface area contributed by atoms with Crippen LogP contribution in [0.2, 0.25) is 0 Å². The van der Waals surface area contributed by atoms with E-state index >= 15 is 0 Å². The standard InChI is InChI=1S/C16H14N4O2S/c1-10-6-8-11(9-7-10)14(21)19-20-15(22)18-16-17-12-4-2-3-5-13(12)23-16/h2-9H,1H3,(H,19,21)(H2,17,18,20,22). The Hall–Kier alpha value is -2.93. The molecule has 0 aliphatic rings. The molecule has 0 saturated carbocycles. The molecule has 3 aromatic rings. The largest absolute Gasteiger partial charge is 0.339 e. The molecule has 7 heteroatoms. The van der Waals surface area contributed by atoms with E-state index in [0.29, 0.717) is 10.7 Å². The Morgan fingerprint density at radius 3 is 2.48 bits per heavy atom. The van der Waals surface area contributed by atoms with Crippen LogP contribution in [0.15, 0.2) is 48.5 Å². The summed E-state index contributed by atoms with van der Waals surface area (Å²) in [7, 11) is 0. The molecular formula is C16H14N4O2S. The molecule has 116 valence electrons. The summed E-state index contributed by atoms with van der Waals surface area (Å²) in [6.45, 7) is 1.94. The smallest absolute Gasteiger partial charge is 0.282 e. The molecule has 6 nitrogen and oxygen atoms in total. The van der Waals surface area contributed by atoms with E-state index < -0.39 is 6.03 Å². The van der Waals surface area contributed by atoms with Gasteiger partial charge in [0.05, 0.1) is 10.2 Å². The summed E-state index contributed by atoms with van der Waals surface area (Å²) in [5.74, 6) is -0.385. The van der Waals surface area contributed by atoms with Crippen LogP contribution in [0, 0.1) is 6.92 Å². The minimum absolute atomic E-state index is 0.385. The number of carbonyl (C=O) groups excluding carboxylic acids is 2. The lowest BCUT2D eigenvalue weighted by Crippen LogP contribution is -2.43. The molecule has 2 aromatic carbocycles. The fourth-order valence-electron chi connectivity index (χ4n) is 1.94. The van der Waals surface area contributed by atoms with E-state index in [4.69, 9.17) is 0 Å².